The Morgan fingerprint density at radius 3 is 2.17 bits per heavy atom. The molecule has 0 bridgehead atoms. The van der Waals surface area contributed by atoms with Gasteiger partial charge in [0.05, 0.1) is 0 Å². The number of nitrogen functional groups attached to an aromatic ring is 1. The summed E-state index contributed by atoms with van der Waals surface area (Å²) in [5.41, 5.74) is 7.93. The van der Waals surface area contributed by atoms with Gasteiger partial charge in [-0.25, -0.2) is 0 Å². The fourth-order valence-corrected chi connectivity index (χ4v) is 5.68. The molecule has 0 aliphatic heterocycles. The van der Waals surface area contributed by atoms with Gasteiger partial charge in [0.1, 0.15) is 0 Å². The average molecular weight is 265 g/mol. The van der Waals surface area contributed by atoms with Crippen molar-refractivity contribution in [2.24, 2.45) is 0 Å². The number of benzene rings is 1. The van der Waals surface area contributed by atoms with E-state index < -0.39 is 8.32 Å². The molecule has 2 N–H and O–H groups in total. The maximum Gasteiger partial charge on any atom is 0.192 e. The van der Waals surface area contributed by atoms with Crippen LogP contribution in [0.2, 0.25) is 18.1 Å². The quantitative estimate of drug-likeness (QED) is 0.564. The lowest BCUT2D eigenvalue weighted by atomic mass is 10.1. The zero-order valence-corrected chi connectivity index (χ0v) is 13.0. The van der Waals surface area contributed by atoms with Crippen molar-refractivity contribution in [1.29, 1.82) is 0 Å². The Morgan fingerprint density at radius 1 is 1.06 bits per heavy atom. The standard InChI is InChI=1S/C15H27NOSi/c1-4-17-18(5-2,6-3)13-7-8-14-9-11-15(16)12-10-14/h9-12H,4-8,13,16H2,1-3H3. The van der Waals surface area contributed by atoms with Crippen molar-refractivity contribution in [3.8, 4) is 0 Å². The van der Waals surface area contributed by atoms with Crippen LogP contribution in [0.3, 0.4) is 0 Å². The van der Waals surface area contributed by atoms with Crippen LogP contribution in [0.1, 0.15) is 32.8 Å². The summed E-state index contributed by atoms with van der Waals surface area (Å²) in [5.74, 6) is 0. The number of aryl methyl sites for hydroxylation is 1. The van der Waals surface area contributed by atoms with Gasteiger partial charge in [-0.1, -0.05) is 26.0 Å². The van der Waals surface area contributed by atoms with Crippen LogP contribution in [-0.4, -0.2) is 14.9 Å². The van der Waals surface area contributed by atoms with Gasteiger partial charge in [-0.15, -0.1) is 0 Å². The second-order valence-electron chi connectivity index (χ2n) is 4.92. The van der Waals surface area contributed by atoms with Crippen LogP contribution >= 0.6 is 0 Å². The number of hydrogen-bond donors (Lipinski definition) is 1. The van der Waals surface area contributed by atoms with Crippen LogP contribution in [0.15, 0.2) is 24.3 Å². The third-order valence-electron chi connectivity index (χ3n) is 3.82. The molecule has 0 saturated carbocycles. The first kappa shape index (κ1) is 15.3. The Balaban J connectivity index is 2.45. The Hall–Kier alpha value is -0.803. The van der Waals surface area contributed by atoms with Crippen molar-refractivity contribution in [2.75, 3.05) is 12.3 Å². The van der Waals surface area contributed by atoms with Crippen LogP contribution in [0.25, 0.3) is 0 Å². The fourth-order valence-electron chi connectivity index (χ4n) is 2.49. The molecular weight excluding hydrogens is 238 g/mol. The van der Waals surface area contributed by atoms with Crippen LogP contribution in [0, 0.1) is 0 Å². The smallest absolute Gasteiger partial charge is 0.192 e. The summed E-state index contributed by atoms with van der Waals surface area (Å²) in [4.78, 5) is 0. The van der Waals surface area contributed by atoms with E-state index in [0.717, 1.165) is 18.7 Å². The van der Waals surface area contributed by atoms with Gasteiger partial charge in [0.25, 0.3) is 0 Å². The molecule has 1 rings (SSSR count). The third-order valence-corrected chi connectivity index (χ3v) is 8.56. The molecule has 1 aromatic carbocycles. The van der Waals surface area contributed by atoms with E-state index in [1.54, 1.807) is 0 Å². The molecule has 0 atom stereocenters. The number of hydrogen-bond acceptors (Lipinski definition) is 2. The van der Waals surface area contributed by atoms with Crippen molar-refractivity contribution in [3.05, 3.63) is 29.8 Å². The first-order valence-corrected chi connectivity index (χ1v) is 9.67. The van der Waals surface area contributed by atoms with Gasteiger partial charge in [0, 0.05) is 12.3 Å². The molecule has 2 nitrogen and oxygen atoms in total. The van der Waals surface area contributed by atoms with E-state index in [4.69, 9.17) is 10.2 Å². The highest BCUT2D eigenvalue weighted by atomic mass is 28.4. The van der Waals surface area contributed by atoms with E-state index in [2.05, 4.69) is 32.9 Å². The summed E-state index contributed by atoms with van der Waals surface area (Å²) >= 11 is 0. The molecule has 102 valence electrons. The predicted octanol–water partition coefficient (Wildman–Crippen LogP) is 4.22. The lowest BCUT2D eigenvalue weighted by Crippen LogP contribution is -2.36. The minimum atomic E-state index is -1.43. The molecule has 1 aromatic rings. The Bertz CT molecular complexity index is 333. The van der Waals surface area contributed by atoms with E-state index in [-0.39, 0.29) is 0 Å². The topological polar surface area (TPSA) is 35.2 Å². The minimum absolute atomic E-state index is 0.846. The van der Waals surface area contributed by atoms with Crippen LogP contribution < -0.4 is 5.73 Å². The second kappa shape index (κ2) is 7.59. The number of anilines is 1. The monoisotopic (exact) mass is 265 g/mol. The van der Waals surface area contributed by atoms with Gasteiger partial charge in [0.2, 0.25) is 0 Å². The zero-order chi connectivity index (χ0) is 13.4. The van der Waals surface area contributed by atoms with Gasteiger partial charge in [-0.05, 0) is 55.6 Å². The normalized spacial score (nSPS) is 11.7. The van der Waals surface area contributed by atoms with Gasteiger partial charge in [0.15, 0.2) is 8.32 Å². The van der Waals surface area contributed by atoms with Crippen LogP contribution in [-0.2, 0) is 10.8 Å². The first-order valence-electron chi connectivity index (χ1n) is 7.14. The molecule has 3 heteroatoms. The lowest BCUT2D eigenvalue weighted by molar-refractivity contribution is 0.319. The molecule has 0 aliphatic carbocycles. The lowest BCUT2D eigenvalue weighted by Gasteiger charge is -2.28. The summed E-state index contributed by atoms with van der Waals surface area (Å²) in [6.07, 6.45) is 2.37. The molecular formula is C15H27NOSi. The SMILES string of the molecule is CCO[Si](CC)(CC)CCCc1ccc(N)cc1. The van der Waals surface area contributed by atoms with Crippen molar-refractivity contribution >= 4 is 14.0 Å². The maximum atomic E-state index is 6.10. The van der Waals surface area contributed by atoms with Crippen molar-refractivity contribution < 1.29 is 4.43 Å². The van der Waals surface area contributed by atoms with E-state index in [1.165, 1.54) is 30.1 Å². The summed E-state index contributed by atoms with van der Waals surface area (Å²) in [7, 11) is -1.43. The molecule has 0 spiro atoms. The first-order chi connectivity index (χ1) is 8.65. The molecule has 0 fully saturated rings. The number of nitrogens with two attached hydrogens (primary N) is 1. The van der Waals surface area contributed by atoms with Crippen molar-refractivity contribution in [1.82, 2.24) is 0 Å². The summed E-state index contributed by atoms with van der Waals surface area (Å²) in [6.45, 7) is 7.56. The fraction of sp³-hybridized carbons (Fsp3) is 0.600. The van der Waals surface area contributed by atoms with Gasteiger partial charge < -0.3 is 10.2 Å². The highest BCUT2D eigenvalue weighted by molar-refractivity contribution is 6.73. The molecule has 0 saturated heterocycles. The van der Waals surface area contributed by atoms with E-state index >= 15 is 0 Å². The van der Waals surface area contributed by atoms with Gasteiger partial charge >= 0.3 is 0 Å². The molecule has 0 heterocycles. The molecule has 18 heavy (non-hydrogen) atoms. The Morgan fingerprint density at radius 2 is 1.67 bits per heavy atom. The summed E-state index contributed by atoms with van der Waals surface area (Å²) in [5, 5.41) is 0. The Kier molecular flexibility index (Phi) is 6.43. The highest BCUT2D eigenvalue weighted by Crippen LogP contribution is 2.24. The zero-order valence-electron chi connectivity index (χ0n) is 12.0. The second-order valence-corrected chi connectivity index (χ2v) is 9.49. The largest absolute Gasteiger partial charge is 0.417 e. The summed E-state index contributed by atoms with van der Waals surface area (Å²) < 4.78 is 6.10. The summed E-state index contributed by atoms with van der Waals surface area (Å²) in [6, 6.07) is 12.0. The van der Waals surface area contributed by atoms with Crippen molar-refractivity contribution in [3.63, 3.8) is 0 Å². The molecule has 0 radical (unpaired) electrons. The molecule has 0 aliphatic rings. The van der Waals surface area contributed by atoms with Crippen LogP contribution in [0.4, 0.5) is 5.69 Å². The van der Waals surface area contributed by atoms with E-state index in [9.17, 15) is 0 Å². The van der Waals surface area contributed by atoms with Gasteiger partial charge in [-0.2, -0.15) is 0 Å². The predicted molar refractivity (Wildman–Crippen MR) is 82.3 cm³/mol. The molecule has 0 aromatic heterocycles. The number of rotatable bonds is 8. The Labute approximate surface area is 113 Å². The van der Waals surface area contributed by atoms with Crippen LogP contribution in [0.5, 0.6) is 0 Å². The highest BCUT2D eigenvalue weighted by Gasteiger charge is 2.29. The van der Waals surface area contributed by atoms with E-state index in [1.807, 2.05) is 12.1 Å². The van der Waals surface area contributed by atoms with E-state index in [0.29, 0.717) is 0 Å². The molecule has 0 unspecified atom stereocenters. The minimum Gasteiger partial charge on any atom is -0.417 e. The van der Waals surface area contributed by atoms with Gasteiger partial charge in [-0.3, -0.25) is 0 Å². The molecule has 0 amide bonds. The third kappa shape index (κ3) is 4.46. The maximum absolute atomic E-state index is 6.10. The van der Waals surface area contributed by atoms with Crippen molar-refractivity contribution in [2.45, 2.75) is 51.7 Å². The average Bonchev–Trinajstić information content (AvgIpc) is 2.40.